The molecule has 0 aliphatic heterocycles. The third kappa shape index (κ3) is 6.90. The number of hydrogen-bond acceptors (Lipinski definition) is 4. The molecule has 1 amide bonds. The van der Waals surface area contributed by atoms with Crippen LogP contribution < -0.4 is 16.0 Å². The lowest BCUT2D eigenvalue weighted by atomic mass is 10.3. The van der Waals surface area contributed by atoms with Gasteiger partial charge in [0.05, 0.1) is 11.5 Å². The molecule has 0 heterocycles. The van der Waals surface area contributed by atoms with E-state index < -0.39 is 4.92 Å². The number of non-ortho nitro benzene ring substituents is 1. The van der Waals surface area contributed by atoms with E-state index in [1.54, 1.807) is 12.1 Å². The van der Waals surface area contributed by atoms with E-state index in [1.165, 1.54) is 12.1 Å². The molecule has 0 radical (unpaired) electrons. The van der Waals surface area contributed by atoms with Crippen molar-refractivity contribution in [2.24, 2.45) is 0 Å². The van der Waals surface area contributed by atoms with Crippen LogP contribution in [0.25, 0.3) is 0 Å². The van der Waals surface area contributed by atoms with E-state index in [0.717, 1.165) is 35.4 Å². The third-order valence-electron chi connectivity index (χ3n) is 3.45. The number of nitrogens with one attached hydrogen (secondary N) is 2. The highest BCUT2D eigenvalue weighted by Crippen LogP contribution is 2.15. The van der Waals surface area contributed by atoms with Crippen molar-refractivity contribution in [3.8, 4) is 0 Å². The first kappa shape index (κ1) is 18.9. The second kappa shape index (κ2) is 9.75. The van der Waals surface area contributed by atoms with Crippen LogP contribution >= 0.6 is 15.9 Å². The SMILES string of the molecule is O=C(C[NH2+]CCCNc1ccc([N+](=O)[O-])cc1)Nc1ccc(Br)cc1. The Kier molecular flexibility index (Phi) is 7.36. The number of carbonyl (C=O) groups excluding carboxylic acids is 1. The number of hydrogen-bond donors (Lipinski definition) is 3. The summed E-state index contributed by atoms with van der Waals surface area (Å²) in [6.45, 7) is 1.92. The number of amides is 1. The minimum absolute atomic E-state index is 0.0364. The summed E-state index contributed by atoms with van der Waals surface area (Å²) in [7, 11) is 0. The molecule has 0 spiro atoms. The minimum Gasteiger partial charge on any atom is -0.385 e. The van der Waals surface area contributed by atoms with Crippen molar-refractivity contribution in [2.45, 2.75) is 6.42 Å². The Bertz CT molecular complexity index is 705. The Hall–Kier alpha value is -2.45. The fourth-order valence-corrected chi connectivity index (χ4v) is 2.42. The standard InChI is InChI=1S/C17H19BrN4O3/c18-13-2-4-15(5-3-13)21-17(23)12-19-10-1-11-20-14-6-8-16(9-7-14)22(24)25/h2-9,19-20H,1,10-12H2,(H,21,23)/p+1. The number of nitrogens with two attached hydrogens (primary N) is 1. The molecule has 2 aromatic carbocycles. The molecule has 0 saturated carbocycles. The van der Waals surface area contributed by atoms with Crippen LogP contribution in [0.3, 0.4) is 0 Å². The molecule has 2 aromatic rings. The average Bonchev–Trinajstić information content (AvgIpc) is 2.60. The number of halogens is 1. The highest BCUT2D eigenvalue weighted by Gasteiger charge is 2.05. The summed E-state index contributed by atoms with van der Waals surface area (Å²) < 4.78 is 0.970. The van der Waals surface area contributed by atoms with E-state index in [-0.39, 0.29) is 11.6 Å². The molecular formula is C17H20BrN4O3+. The van der Waals surface area contributed by atoms with Gasteiger partial charge >= 0.3 is 0 Å². The number of anilines is 2. The fraction of sp³-hybridized carbons (Fsp3) is 0.235. The first-order valence-electron chi connectivity index (χ1n) is 7.90. The molecule has 2 rings (SSSR count). The molecular weight excluding hydrogens is 388 g/mol. The molecule has 0 aromatic heterocycles. The normalized spacial score (nSPS) is 10.3. The van der Waals surface area contributed by atoms with Gasteiger partial charge in [-0.1, -0.05) is 15.9 Å². The number of nitrogens with zero attached hydrogens (tertiary/aromatic N) is 1. The largest absolute Gasteiger partial charge is 0.385 e. The van der Waals surface area contributed by atoms with E-state index >= 15 is 0 Å². The van der Waals surface area contributed by atoms with E-state index in [9.17, 15) is 14.9 Å². The van der Waals surface area contributed by atoms with E-state index in [1.807, 2.05) is 29.6 Å². The Morgan fingerprint density at radius 2 is 1.72 bits per heavy atom. The predicted octanol–water partition coefficient (Wildman–Crippen LogP) is 2.36. The molecule has 0 atom stereocenters. The Labute approximate surface area is 154 Å². The van der Waals surface area contributed by atoms with Crippen LogP contribution in [0, 0.1) is 10.1 Å². The molecule has 0 fully saturated rings. The van der Waals surface area contributed by atoms with E-state index in [4.69, 9.17) is 0 Å². The van der Waals surface area contributed by atoms with Gasteiger partial charge in [-0.2, -0.15) is 0 Å². The number of rotatable bonds is 9. The van der Waals surface area contributed by atoms with Gasteiger partial charge < -0.3 is 16.0 Å². The first-order valence-corrected chi connectivity index (χ1v) is 8.69. The summed E-state index contributed by atoms with van der Waals surface area (Å²) in [4.78, 5) is 22.0. The molecule has 0 bridgehead atoms. The van der Waals surface area contributed by atoms with Crippen LogP contribution in [0.5, 0.6) is 0 Å². The maximum atomic E-state index is 11.8. The van der Waals surface area contributed by atoms with Gasteiger partial charge in [0.2, 0.25) is 0 Å². The van der Waals surface area contributed by atoms with Gasteiger partial charge in [-0.3, -0.25) is 14.9 Å². The summed E-state index contributed by atoms with van der Waals surface area (Å²) in [5.74, 6) is -0.0364. The Morgan fingerprint density at radius 3 is 2.36 bits per heavy atom. The van der Waals surface area contributed by atoms with Gasteiger partial charge in [-0.25, -0.2) is 0 Å². The highest BCUT2D eigenvalue weighted by molar-refractivity contribution is 9.10. The lowest BCUT2D eigenvalue weighted by Crippen LogP contribution is -2.86. The van der Waals surface area contributed by atoms with Crippen molar-refractivity contribution < 1.29 is 15.0 Å². The minimum atomic E-state index is -0.419. The average molecular weight is 408 g/mol. The van der Waals surface area contributed by atoms with Gasteiger partial charge in [0.1, 0.15) is 0 Å². The lowest BCUT2D eigenvalue weighted by Gasteiger charge is -2.07. The summed E-state index contributed by atoms with van der Waals surface area (Å²) in [6, 6.07) is 13.8. The quantitative estimate of drug-likeness (QED) is 0.337. The number of quaternary nitrogens is 1. The molecule has 7 nitrogen and oxygen atoms in total. The molecule has 0 unspecified atom stereocenters. The smallest absolute Gasteiger partial charge is 0.279 e. The summed E-state index contributed by atoms with van der Waals surface area (Å²) in [5.41, 5.74) is 1.70. The molecule has 0 aliphatic carbocycles. The summed E-state index contributed by atoms with van der Waals surface area (Å²) >= 11 is 3.35. The van der Waals surface area contributed by atoms with Crippen LogP contribution in [0.4, 0.5) is 17.1 Å². The third-order valence-corrected chi connectivity index (χ3v) is 3.98. The molecule has 0 saturated heterocycles. The molecule has 0 aliphatic rings. The van der Waals surface area contributed by atoms with Crippen molar-refractivity contribution in [3.05, 3.63) is 63.1 Å². The van der Waals surface area contributed by atoms with E-state index in [2.05, 4.69) is 26.6 Å². The van der Waals surface area contributed by atoms with Crippen LogP contribution in [0.15, 0.2) is 53.0 Å². The number of nitro benzene ring substituents is 1. The molecule has 4 N–H and O–H groups in total. The van der Waals surface area contributed by atoms with E-state index in [0.29, 0.717) is 6.54 Å². The first-order chi connectivity index (χ1) is 12.0. The van der Waals surface area contributed by atoms with Crippen LogP contribution in [-0.2, 0) is 4.79 Å². The number of nitro groups is 1. The van der Waals surface area contributed by atoms with Crippen LogP contribution in [-0.4, -0.2) is 30.5 Å². The zero-order valence-corrected chi connectivity index (χ0v) is 15.2. The summed E-state index contributed by atoms with van der Waals surface area (Å²) in [6.07, 6.45) is 0.878. The molecule has 8 heteroatoms. The van der Waals surface area contributed by atoms with Gasteiger partial charge in [-0.05, 0) is 36.4 Å². The monoisotopic (exact) mass is 407 g/mol. The van der Waals surface area contributed by atoms with Crippen molar-refractivity contribution in [1.82, 2.24) is 0 Å². The van der Waals surface area contributed by atoms with Crippen LogP contribution in [0.2, 0.25) is 0 Å². The topological polar surface area (TPSA) is 101 Å². The maximum Gasteiger partial charge on any atom is 0.279 e. The second-order valence-corrected chi connectivity index (χ2v) is 6.34. The maximum absolute atomic E-state index is 11.8. The number of benzene rings is 2. The van der Waals surface area contributed by atoms with Crippen molar-refractivity contribution >= 4 is 38.9 Å². The number of carbonyl (C=O) groups is 1. The summed E-state index contributed by atoms with van der Waals surface area (Å²) in [5, 5.41) is 18.6. The predicted molar refractivity (Wildman–Crippen MR) is 101 cm³/mol. The highest BCUT2D eigenvalue weighted by atomic mass is 79.9. The Balaban J connectivity index is 1.57. The Morgan fingerprint density at radius 1 is 1.08 bits per heavy atom. The van der Waals surface area contributed by atoms with Gasteiger partial charge in [0.25, 0.3) is 11.6 Å². The lowest BCUT2D eigenvalue weighted by molar-refractivity contribution is -0.643. The fourth-order valence-electron chi connectivity index (χ4n) is 2.16. The molecule has 132 valence electrons. The zero-order valence-electron chi connectivity index (χ0n) is 13.6. The van der Waals surface area contributed by atoms with Gasteiger partial charge in [0, 0.05) is 40.9 Å². The second-order valence-electron chi connectivity index (χ2n) is 5.42. The van der Waals surface area contributed by atoms with Crippen LogP contribution in [0.1, 0.15) is 6.42 Å². The zero-order chi connectivity index (χ0) is 18.1. The van der Waals surface area contributed by atoms with Crippen molar-refractivity contribution in [3.63, 3.8) is 0 Å². The molecule has 25 heavy (non-hydrogen) atoms. The van der Waals surface area contributed by atoms with Crippen molar-refractivity contribution in [2.75, 3.05) is 30.3 Å². The van der Waals surface area contributed by atoms with Crippen molar-refractivity contribution in [1.29, 1.82) is 0 Å². The van der Waals surface area contributed by atoms with Gasteiger partial charge in [0.15, 0.2) is 6.54 Å². The van der Waals surface area contributed by atoms with Gasteiger partial charge in [-0.15, -0.1) is 0 Å².